The minimum absolute atomic E-state index is 0.0433. The Balaban J connectivity index is 2.29. The van der Waals surface area contributed by atoms with Crippen molar-refractivity contribution in [2.24, 2.45) is 0 Å². The zero-order chi connectivity index (χ0) is 23.6. The Morgan fingerprint density at radius 1 is 0.935 bits per heavy atom. The number of alkyl halides is 3. The molecule has 0 saturated heterocycles. The Morgan fingerprint density at radius 2 is 1.52 bits per heavy atom. The zero-order valence-corrected chi connectivity index (χ0v) is 19.5. The molecule has 0 spiro atoms. The van der Waals surface area contributed by atoms with Crippen molar-refractivity contribution in [2.75, 3.05) is 7.11 Å². The van der Waals surface area contributed by atoms with Crippen LogP contribution in [0.2, 0.25) is 18.1 Å². The SMILES string of the molecule is COc1ccc(C(=O)CC(=O)c2ccc(C(F)(F)F)cc2)c(O[Si](C)(C)C(C)(C)C)c1. The third-order valence-electron chi connectivity index (χ3n) is 5.52. The second-order valence-corrected chi connectivity index (χ2v) is 13.5. The van der Waals surface area contributed by atoms with Crippen LogP contribution in [0.1, 0.15) is 53.5 Å². The minimum Gasteiger partial charge on any atom is -0.543 e. The fraction of sp³-hybridized carbons (Fsp3) is 0.391. The number of rotatable bonds is 7. The number of ketones is 2. The van der Waals surface area contributed by atoms with E-state index in [1.54, 1.807) is 18.2 Å². The Morgan fingerprint density at radius 3 is 2.00 bits per heavy atom. The first kappa shape index (κ1) is 24.7. The minimum atomic E-state index is -4.49. The summed E-state index contributed by atoms with van der Waals surface area (Å²) < 4.78 is 49.7. The molecule has 0 amide bonds. The van der Waals surface area contributed by atoms with Crippen LogP contribution < -0.4 is 9.16 Å². The summed E-state index contributed by atoms with van der Waals surface area (Å²) in [5.41, 5.74) is -0.566. The fourth-order valence-corrected chi connectivity index (χ4v) is 3.59. The first-order valence-corrected chi connectivity index (χ1v) is 12.7. The Labute approximate surface area is 181 Å². The van der Waals surface area contributed by atoms with Crippen LogP contribution >= 0.6 is 0 Å². The molecule has 0 fully saturated rings. The van der Waals surface area contributed by atoms with Crippen LogP contribution in [-0.4, -0.2) is 27.0 Å². The molecule has 0 unspecified atom stereocenters. The number of methoxy groups -OCH3 is 1. The number of carbonyl (C=O) groups is 2. The lowest BCUT2D eigenvalue weighted by Crippen LogP contribution is -2.44. The Hall–Kier alpha value is -2.61. The van der Waals surface area contributed by atoms with E-state index in [2.05, 4.69) is 20.8 Å². The van der Waals surface area contributed by atoms with Gasteiger partial charge in [0, 0.05) is 11.6 Å². The molecule has 0 saturated carbocycles. The van der Waals surface area contributed by atoms with Crippen molar-refractivity contribution in [2.45, 2.75) is 51.5 Å². The van der Waals surface area contributed by atoms with Crippen molar-refractivity contribution in [1.82, 2.24) is 0 Å². The molecule has 2 aromatic rings. The molecule has 0 heterocycles. The molecule has 31 heavy (non-hydrogen) atoms. The van der Waals surface area contributed by atoms with Gasteiger partial charge in [-0.05, 0) is 42.4 Å². The monoisotopic (exact) mass is 452 g/mol. The molecule has 2 rings (SSSR count). The van der Waals surface area contributed by atoms with Crippen LogP contribution in [-0.2, 0) is 6.18 Å². The maximum absolute atomic E-state index is 12.9. The molecule has 0 aliphatic heterocycles. The summed E-state index contributed by atoms with van der Waals surface area (Å²) in [4.78, 5) is 25.4. The van der Waals surface area contributed by atoms with E-state index in [9.17, 15) is 22.8 Å². The fourth-order valence-electron chi connectivity index (χ4n) is 2.56. The van der Waals surface area contributed by atoms with Gasteiger partial charge in [-0.3, -0.25) is 9.59 Å². The van der Waals surface area contributed by atoms with Crippen LogP contribution in [0.15, 0.2) is 42.5 Å². The van der Waals surface area contributed by atoms with Crippen LogP contribution in [0.25, 0.3) is 0 Å². The van der Waals surface area contributed by atoms with Gasteiger partial charge in [-0.2, -0.15) is 13.2 Å². The molecular formula is C23H27F3O4Si. The molecule has 0 N–H and O–H groups in total. The van der Waals surface area contributed by atoms with Crippen molar-refractivity contribution in [3.05, 3.63) is 59.2 Å². The molecular weight excluding hydrogens is 425 g/mol. The van der Waals surface area contributed by atoms with Crippen molar-refractivity contribution in [3.8, 4) is 11.5 Å². The molecule has 0 radical (unpaired) electrons. The summed E-state index contributed by atoms with van der Waals surface area (Å²) >= 11 is 0. The Bertz CT molecular complexity index is 958. The third kappa shape index (κ3) is 5.97. The van der Waals surface area contributed by atoms with Gasteiger partial charge in [-0.25, -0.2) is 0 Å². The van der Waals surface area contributed by atoms with Gasteiger partial charge in [0.1, 0.15) is 11.5 Å². The van der Waals surface area contributed by atoms with Gasteiger partial charge in [0.2, 0.25) is 0 Å². The van der Waals surface area contributed by atoms with Crippen LogP contribution in [0, 0.1) is 0 Å². The first-order valence-electron chi connectivity index (χ1n) is 9.76. The molecule has 0 aliphatic rings. The standard InChI is InChI=1S/C23H27F3O4Si/c1-22(2,3)31(5,6)30-21-13-17(29-4)11-12-18(21)20(28)14-19(27)15-7-9-16(10-8-15)23(24,25)26/h7-13H,14H2,1-6H3. The lowest BCUT2D eigenvalue weighted by atomic mass is 10.00. The average Bonchev–Trinajstić information content (AvgIpc) is 2.66. The molecule has 0 aliphatic carbocycles. The zero-order valence-electron chi connectivity index (χ0n) is 18.5. The van der Waals surface area contributed by atoms with Gasteiger partial charge >= 0.3 is 6.18 Å². The number of hydrogen-bond donors (Lipinski definition) is 0. The van der Waals surface area contributed by atoms with E-state index in [0.717, 1.165) is 24.3 Å². The van der Waals surface area contributed by atoms with Crippen molar-refractivity contribution < 1.29 is 31.9 Å². The van der Waals surface area contributed by atoms with Gasteiger partial charge in [0.15, 0.2) is 11.6 Å². The van der Waals surface area contributed by atoms with Gasteiger partial charge in [0.05, 0.1) is 24.7 Å². The molecule has 168 valence electrons. The van der Waals surface area contributed by atoms with E-state index in [0.29, 0.717) is 11.5 Å². The highest BCUT2D eigenvalue weighted by Gasteiger charge is 2.40. The number of ether oxygens (including phenoxy) is 1. The summed E-state index contributed by atoms with van der Waals surface area (Å²) in [6, 6.07) is 8.60. The topological polar surface area (TPSA) is 52.6 Å². The summed E-state index contributed by atoms with van der Waals surface area (Å²) in [5.74, 6) is -0.176. The molecule has 0 aromatic heterocycles. The highest BCUT2D eigenvalue weighted by Crippen LogP contribution is 2.39. The van der Waals surface area contributed by atoms with Crippen molar-refractivity contribution >= 4 is 19.9 Å². The largest absolute Gasteiger partial charge is 0.543 e. The van der Waals surface area contributed by atoms with E-state index >= 15 is 0 Å². The van der Waals surface area contributed by atoms with Gasteiger partial charge < -0.3 is 9.16 Å². The maximum atomic E-state index is 12.9. The maximum Gasteiger partial charge on any atom is 0.416 e. The second-order valence-electron chi connectivity index (χ2n) is 8.82. The quantitative estimate of drug-likeness (QED) is 0.271. The summed E-state index contributed by atoms with van der Waals surface area (Å²) in [6.07, 6.45) is -4.97. The van der Waals surface area contributed by atoms with E-state index < -0.39 is 38.0 Å². The molecule has 0 atom stereocenters. The smallest absolute Gasteiger partial charge is 0.416 e. The highest BCUT2D eigenvalue weighted by atomic mass is 28.4. The van der Waals surface area contributed by atoms with E-state index in [4.69, 9.17) is 9.16 Å². The van der Waals surface area contributed by atoms with Gasteiger partial charge in [0.25, 0.3) is 8.32 Å². The summed E-state index contributed by atoms with van der Waals surface area (Å²) in [5, 5.41) is -0.119. The molecule has 8 heteroatoms. The lowest BCUT2D eigenvalue weighted by molar-refractivity contribution is -0.137. The number of halogens is 3. The van der Waals surface area contributed by atoms with Gasteiger partial charge in [-0.15, -0.1) is 0 Å². The Kier molecular flexibility index (Phi) is 7.05. The van der Waals surface area contributed by atoms with Gasteiger partial charge in [-0.1, -0.05) is 32.9 Å². The van der Waals surface area contributed by atoms with Crippen molar-refractivity contribution in [3.63, 3.8) is 0 Å². The van der Waals surface area contributed by atoms with E-state index in [1.165, 1.54) is 7.11 Å². The van der Waals surface area contributed by atoms with Crippen LogP contribution in [0.3, 0.4) is 0 Å². The average molecular weight is 453 g/mol. The second kappa shape index (κ2) is 8.86. The van der Waals surface area contributed by atoms with E-state index in [-0.39, 0.29) is 16.2 Å². The van der Waals surface area contributed by atoms with Crippen LogP contribution in [0.5, 0.6) is 11.5 Å². The first-order chi connectivity index (χ1) is 14.2. The summed E-state index contributed by atoms with van der Waals surface area (Å²) in [6.45, 7) is 10.3. The highest BCUT2D eigenvalue weighted by molar-refractivity contribution is 6.74. The predicted molar refractivity (Wildman–Crippen MR) is 116 cm³/mol. The normalized spacial score (nSPS) is 12.4. The third-order valence-corrected chi connectivity index (χ3v) is 9.86. The number of benzene rings is 2. The summed E-state index contributed by atoms with van der Waals surface area (Å²) in [7, 11) is -0.785. The number of carbonyl (C=O) groups excluding carboxylic acids is 2. The molecule has 4 nitrogen and oxygen atoms in total. The number of Topliss-reactive ketones (excluding diaryl/α,β-unsaturated/α-hetero) is 2. The molecule has 0 bridgehead atoms. The number of hydrogen-bond acceptors (Lipinski definition) is 4. The van der Waals surface area contributed by atoms with Crippen LogP contribution in [0.4, 0.5) is 13.2 Å². The predicted octanol–water partition coefficient (Wildman–Crippen LogP) is 6.55. The van der Waals surface area contributed by atoms with Crippen molar-refractivity contribution in [1.29, 1.82) is 0 Å². The van der Waals surface area contributed by atoms with E-state index in [1.807, 2.05) is 13.1 Å². The molecule has 2 aromatic carbocycles. The lowest BCUT2D eigenvalue weighted by Gasteiger charge is -2.37.